The molecule has 1 aromatic heterocycles. The first-order valence-corrected chi connectivity index (χ1v) is 8.17. The van der Waals surface area contributed by atoms with Gasteiger partial charge in [-0.25, -0.2) is 0 Å². The normalized spacial score (nSPS) is 23.9. The molecule has 0 bridgehead atoms. The van der Waals surface area contributed by atoms with E-state index in [9.17, 15) is 0 Å². The van der Waals surface area contributed by atoms with E-state index in [1.54, 1.807) is 5.57 Å². The Bertz CT molecular complexity index is 478. The molecule has 2 unspecified atom stereocenters. The van der Waals surface area contributed by atoms with Gasteiger partial charge in [0.2, 0.25) is 0 Å². The molecular weight excluding hydrogens is 244 g/mol. The third-order valence-corrected chi connectivity index (χ3v) is 4.96. The van der Waals surface area contributed by atoms with Gasteiger partial charge >= 0.3 is 0 Å². The molecule has 1 aromatic rings. The predicted molar refractivity (Wildman–Crippen MR) is 83.9 cm³/mol. The van der Waals surface area contributed by atoms with Crippen LogP contribution in [0.3, 0.4) is 0 Å². The quantitative estimate of drug-likeness (QED) is 0.837. The number of pyridine rings is 1. The van der Waals surface area contributed by atoms with Crippen molar-refractivity contribution in [2.45, 2.75) is 63.3 Å². The van der Waals surface area contributed by atoms with Crippen molar-refractivity contribution in [3.8, 4) is 0 Å². The molecule has 20 heavy (non-hydrogen) atoms. The van der Waals surface area contributed by atoms with Crippen LogP contribution in [0.2, 0.25) is 0 Å². The molecule has 108 valence electrons. The number of likely N-dealkylation sites (N-methyl/N-ethyl adjacent to an activating group) is 1. The number of hydrogen-bond acceptors (Lipinski definition) is 2. The lowest BCUT2D eigenvalue weighted by molar-refractivity contribution is 0.397. The van der Waals surface area contributed by atoms with Crippen LogP contribution >= 0.6 is 0 Å². The molecule has 1 heterocycles. The van der Waals surface area contributed by atoms with Crippen LogP contribution in [-0.4, -0.2) is 18.1 Å². The molecule has 2 heteroatoms. The number of aryl methyl sites for hydroxylation is 1. The zero-order valence-electron chi connectivity index (χ0n) is 12.6. The number of nitrogens with one attached hydrogen (secondary N) is 1. The van der Waals surface area contributed by atoms with Crippen LogP contribution in [0.4, 0.5) is 0 Å². The minimum Gasteiger partial charge on any atom is -0.316 e. The Hall–Kier alpha value is -1.15. The van der Waals surface area contributed by atoms with E-state index in [0.29, 0.717) is 12.0 Å². The van der Waals surface area contributed by atoms with Crippen LogP contribution in [0.25, 0.3) is 0 Å². The summed E-state index contributed by atoms with van der Waals surface area (Å²) in [6.45, 7) is 0. The van der Waals surface area contributed by atoms with E-state index in [4.69, 9.17) is 4.98 Å². The average Bonchev–Trinajstić information content (AvgIpc) is 2.53. The molecule has 0 spiro atoms. The Morgan fingerprint density at radius 2 is 2.25 bits per heavy atom. The molecule has 0 saturated heterocycles. The molecule has 2 aliphatic rings. The Morgan fingerprint density at radius 1 is 1.30 bits per heavy atom. The van der Waals surface area contributed by atoms with E-state index in [1.165, 1.54) is 62.6 Å². The first kappa shape index (κ1) is 13.8. The maximum absolute atomic E-state index is 4.70. The second-order valence-corrected chi connectivity index (χ2v) is 6.25. The summed E-state index contributed by atoms with van der Waals surface area (Å²) in [7, 11) is 2.12. The molecule has 0 aromatic carbocycles. The minimum absolute atomic E-state index is 0.549. The van der Waals surface area contributed by atoms with E-state index in [1.807, 2.05) is 6.20 Å². The molecule has 3 rings (SSSR count). The van der Waals surface area contributed by atoms with Gasteiger partial charge in [-0.15, -0.1) is 0 Å². The molecular formula is C18H26N2. The second-order valence-electron chi connectivity index (χ2n) is 6.25. The number of nitrogens with zero attached hydrogens (tertiary/aromatic N) is 1. The summed E-state index contributed by atoms with van der Waals surface area (Å²) in [5.74, 6) is 0.591. The summed E-state index contributed by atoms with van der Waals surface area (Å²) in [4.78, 5) is 4.70. The topological polar surface area (TPSA) is 24.9 Å². The van der Waals surface area contributed by atoms with Gasteiger partial charge in [0.25, 0.3) is 0 Å². The third kappa shape index (κ3) is 2.95. The lowest BCUT2D eigenvalue weighted by Crippen LogP contribution is -2.35. The lowest BCUT2D eigenvalue weighted by Gasteiger charge is -2.32. The smallest absolute Gasteiger partial charge is 0.0482 e. The highest BCUT2D eigenvalue weighted by molar-refractivity contribution is 5.28. The highest BCUT2D eigenvalue weighted by Crippen LogP contribution is 2.35. The van der Waals surface area contributed by atoms with Crippen LogP contribution in [0.5, 0.6) is 0 Å². The third-order valence-electron chi connectivity index (χ3n) is 4.96. The molecule has 2 aliphatic carbocycles. The van der Waals surface area contributed by atoms with Gasteiger partial charge in [-0.3, -0.25) is 4.98 Å². The van der Waals surface area contributed by atoms with Crippen LogP contribution < -0.4 is 5.32 Å². The van der Waals surface area contributed by atoms with Gasteiger partial charge in [-0.1, -0.05) is 17.7 Å². The zero-order chi connectivity index (χ0) is 13.8. The van der Waals surface area contributed by atoms with E-state index < -0.39 is 0 Å². The van der Waals surface area contributed by atoms with Gasteiger partial charge in [0.05, 0.1) is 0 Å². The first-order valence-electron chi connectivity index (χ1n) is 8.17. The monoisotopic (exact) mass is 270 g/mol. The van der Waals surface area contributed by atoms with E-state index in [-0.39, 0.29) is 0 Å². The zero-order valence-corrected chi connectivity index (χ0v) is 12.6. The average molecular weight is 270 g/mol. The van der Waals surface area contributed by atoms with Crippen molar-refractivity contribution in [1.29, 1.82) is 0 Å². The number of allylic oxidation sites excluding steroid dienone is 1. The molecule has 1 N–H and O–H groups in total. The summed E-state index contributed by atoms with van der Waals surface area (Å²) < 4.78 is 0. The van der Waals surface area contributed by atoms with E-state index in [2.05, 4.69) is 30.6 Å². The van der Waals surface area contributed by atoms with Gasteiger partial charge < -0.3 is 5.32 Å². The molecule has 0 saturated carbocycles. The van der Waals surface area contributed by atoms with Gasteiger partial charge in [0, 0.05) is 23.9 Å². The Labute approximate surface area is 122 Å². The van der Waals surface area contributed by atoms with Gasteiger partial charge in [0.1, 0.15) is 0 Å². The molecule has 2 nitrogen and oxygen atoms in total. The molecule has 0 amide bonds. The summed E-state index contributed by atoms with van der Waals surface area (Å²) in [5, 5.41) is 3.58. The van der Waals surface area contributed by atoms with Gasteiger partial charge in [-0.2, -0.15) is 0 Å². The number of aromatic nitrogens is 1. The molecule has 0 radical (unpaired) electrons. The first-order chi connectivity index (χ1) is 9.88. The summed E-state index contributed by atoms with van der Waals surface area (Å²) >= 11 is 0. The van der Waals surface area contributed by atoms with Crippen LogP contribution in [0, 0.1) is 0 Å². The van der Waals surface area contributed by atoms with Crippen LogP contribution in [0.15, 0.2) is 30.0 Å². The fourth-order valence-electron chi connectivity index (χ4n) is 3.85. The Balaban J connectivity index is 1.78. The standard InChI is InChI=1S/C18H26N2/c1-19-17(13-14-7-3-2-4-8-14)16-11-5-9-15-10-6-12-20-18(15)16/h6-7,10,12,16-17,19H,2-5,8-9,11,13H2,1H3. The maximum Gasteiger partial charge on any atom is 0.0482 e. The molecule has 0 aliphatic heterocycles. The van der Waals surface area contributed by atoms with Crippen LogP contribution in [-0.2, 0) is 6.42 Å². The lowest BCUT2D eigenvalue weighted by atomic mass is 9.79. The fraction of sp³-hybridized carbons (Fsp3) is 0.611. The number of rotatable bonds is 4. The van der Waals surface area contributed by atoms with Crippen LogP contribution in [0.1, 0.15) is 62.1 Å². The van der Waals surface area contributed by atoms with Crippen molar-refractivity contribution < 1.29 is 0 Å². The summed E-state index contributed by atoms with van der Waals surface area (Å²) in [5.41, 5.74) is 4.50. The number of fused-ring (bicyclic) bond motifs is 1. The second kappa shape index (κ2) is 6.53. The van der Waals surface area contributed by atoms with Crippen molar-refractivity contribution in [1.82, 2.24) is 10.3 Å². The fourth-order valence-corrected chi connectivity index (χ4v) is 3.85. The maximum atomic E-state index is 4.70. The predicted octanol–water partition coefficient (Wildman–Crippen LogP) is 3.98. The van der Waals surface area contributed by atoms with Crippen molar-refractivity contribution in [2.24, 2.45) is 0 Å². The largest absolute Gasteiger partial charge is 0.316 e. The van der Waals surface area contributed by atoms with E-state index in [0.717, 1.165) is 0 Å². The summed E-state index contributed by atoms with van der Waals surface area (Å²) in [6, 6.07) is 4.90. The molecule has 2 atom stereocenters. The SMILES string of the molecule is CNC(CC1=CCCCC1)C1CCCc2cccnc21. The Morgan fingerprint density at radius 3 is 3.05 bits per heavy atom. The van der Waals surface area contributed by atoms with Crippen molar-refractivity contribution >= 4 is 0 Å². The highest BCUT2D eigenvalue weighted by atomic mass is 14.9. The van der Waals surface area contributed by atoms with Gasteiger partial charge in [0.15, 0.2) is 0 Å². The molecule has 0 fully saturated rings. The number of hydrogen-bond donors (Lipinski definition) is 1. The van der Waals surface area contributed by atoms with Crippen molar-refractivity contribution in [2.75, 3.05) is 7.05 Å². The van der Waals surface area contributed by atoms with Crippen molar-refractivity contribution in [3.63, 3.8) is 0 Å². The summed E-state index contributed by atoms with van der Waals surface area (Å²) in [6.07, 6.45) is 14.8. The van der Waals surface area contributed by atoms with Gasteiger partial charge in [-0.05, 0) is 70.0 Å². The minimum atomic E-state index is 0.549. The highest BCUT2D eigenvalue weighted by Gasteiger charge is 2.28. The van der Waals surface area contributed by atoms with E-state index >= 15 is 0 Å². The van der Waals surface area contributed by atoms with Crippen molar-refractivity contribution in [3.05, 3.63) is 41.2 Å². The Kier molecular flexibility index (Phi) is 4.51.